The fourth-order valence-electron chi connectivity index (χ4n) is 4.71. The predicted octanol–water partition coefficient (Wildman–Crippen LogP) is 3.86. The summed E-state index contributed by atoms with van der Waals surface area (Å²) in [5.74, 6) is 0. The van der Waals surface area contributed by atoms with Crippen LogP contribution in [0.2, 0.25) is 5.02 Å². The zero-order valence-corrected chi connectivity index (χ0v) is 20.8. The lowest BCUT2D eigenvalue weighted by molar-refractivity contribution is 0.00706. The second-order valence-electron chi connectivity index (χ2n) is 9.08. The van der Waals surface area contributed by atoms with Crippen LogP contribution in [-0.2, 0) is 19.3 Å². The van der Waals surface area contributed by atoms with E-state index < -0.39 is 15.9 Å². The number of aliphatic hydroxyl groups is 1. The van der Waals surface area contributed by atoms with Crippen LogP contribution in [0, 0.1) is 0 Å². The van der Waals surface area contributed by atoms with Crippen LogP contribution >= 0.6 is 11.6 Å². The van der Waals surface area contributed by atoms with E-state index >= 15 is 0 Å². The average molecular weight is 527 g/mol. The molecule has 186 valence electrons. The van der Waals surface area contributed by atoms with Gasteiger partial charge in [-0.15, -0.1) is 0 Å². The fourth-order valence-corrected chi connectivity index (χ4v) is 5.61. The van der Waals surface area contributed by atoms with Crippen molar-refractivity contribution >= 4 is 32.5 Å². The number of nitrogens with zero attached hydrogens (tertiary/aromatic N) is 1. The number of hydrogen-bond acceptors (Lipinski definition) is 7. The molecular formula is C26H23ClN2O6S. The Morgan fingerprint density at radius 1 is 0.972 bits per heavy atom. The third-order valence-corrected chi connectivity index (χ3v) is 8.05. The van der Waals surface area contributed by atoms with Crippen molar-refractivity contribution in [3.63, 3.8) is 0 Å². The van der Waals surface area contributed by atoms with Crippen molar-refractivity contribution in [2.45, 2.75) is 29.3 Å². The van der Waals surface area contributed by atoms with E-state index in [0.29, 0.717) is 28.1 Å². The molecule has 0 spiro atoms. The number of hydrogen-bond donors (Lipinski definition) is 2. The molecule has 2 unspecified atom stereocenters. The Hall–Kier alpha value is -2.95. The lowest BCUT2D eigenvalue weighted by Gasteiger charge is -2.15. The minimum Gasteiger partial charge on any atom is -0.456 e. The molecular weight excluding hydrogens is 504 g/mol. The molecule has 0 aliphatic carbocycles. The van der Waals surface area contributed by atoms with Gasteiger partial charge in [-0.3, -0.25) is 0 Å². The van der Waals surface area contributed by atoms with Crippen LogP contribution in [0.15, 0.2) is 65.6 Å². The number of imidazole rings is 1. The molecule has 3 aromatic carbocycles. The molecule has 6 rings (SSSR count). The average Bonchev–Trinajstić information content (AvgIpc) is 3.55. The first-order valence-electron chi connectivity index (χ1n) is 11.4. The van der Waals surface area contributed by atoms with Gasteiger partial charge in [-0.1, -0.05) is 48.0 Å². The van der Waals surface area contributed by atoms with Crippen LogP contribution in [-0.4, -0.2) is 67.4 Å². The first-order chi connectivity index (χ1) is 17.3. The quantitative estimate of drug-likeness (QED) is 0.406. The van der Waals surface area contributed by atoms with Gasteiger partial charge in [0.2, 0.25) is 0 Å². The first kappa shape index (κ1) is 23.4. The standard InChI is InChI=1S/C26H23ClN2O6S/c1-36(31,32)17-8-6-15(7-9-17)14-2-4-16(5-3-14)18-10-20-21(11-19(18)27)29-26(28-20)35-23-13-34-24-22(30)12-33-25(23)24/h2-11,22-25,30H,12-13H2,1H3,(H,28,29)/t22-,23-,24?,25?/m1/s1. The first-order valence-corrected chi connectivity index (χ1v) is 13.7. The topological polar surface area (TPSA) is 111 Å². The summed E-state index contributed by atoms with van der Waals surface area (Å²) in [6, 6.07) is 18.7. The van der Waals surface area contributed by atoms with Gasteiger partial charge >= 0.3 is 0 Å². The van der Waals surface area contributed by atoms with Gasteiger partial charge in [0.25, 0.3) is 6.01 Å². The number of halogens is 1. The van der Waals surface area contributed by atoms with E-state index in [0.717, 1.165) is 27.8 Å². The summed E-state index contributed by atoms with van der Waals surface area (Å²) in [7, 11) is -3.23. The van der Waals surface area contributed by atoms with Gasteiger partial charge in [0.05, 0.1) is 34.2 Å². The maximum atomic E-state index is 11.7. The van der Waals surface area contributed by atoms with Gasteiger partial charge in [-0.05, 0) is 41.0 Å². The van der Waals surface area contributed by atoms with Crippen LogP contribution < -0.4 is 4.74 Å². The molecule has 36 heavy (non-hydrogen) atoms. The van der Waals surface area contributed by atoms with Crippen molar-refractivity contribution in [3.05, 3.63) is 65.7 Å². The third kappa shape index (κ3) is 4.27. The highest BCUT2D eigenvalue weighted by Crippen LogP contribution is 2.35. The molecule has 2 fully saturated rings. The molecule has 2 aliphatic heterocycles. The molecule has 0 radical (unpaired) electrons. The number of fused-ring (bicyclic) bond motifs is 2. The maximum absolute atomic E-state index is 11.7. The molecule has 0 amide bonds. The Morgan fingerprint density at radius 2 is 1.61 bits per heavy atom. The Bertz CT molecular complexity index is 1540. The zero-order chi connectivity index (χ0) is 25.0. The summed E-state index contributed by atoms with van der Waals surface area (Å²) in [6.45, 7) is 0.553. The Kier molecular flexibility index (Phi) is 5.77. The smallest absolute Gasteiger partial charge is 0.295 e. The molecule has 4 atom stereocenters. The van der Waals surface area contributed by atoms with Gasteiger partial charge in [-0.25, -0.2) is 8.42 Å². The van der Waals surface area contributed by atoms with E-state index in [1.807, 2.05) is 36.4 Å². The number of rotatable bonds is 5. The number of aliphatic hydroxyl groups excluding tert-OH is 1. The highest BCUT2D eigenvalue weighted by molar-refractivity contribution is 7.90. The highest BCUT2D eigenvalue weighted by Gasteiger charge is 2.48. The number of benzene rings is 3. The van der Waals surface area contributed by atoms with Gasteiger partial charge in [0, 0.05) is 11.8 Å². The molecule has 2 aliphatic rings. The van der Waals surface area contributed by atoms with Crippen molar-refractivity contribution < 1.29 is 27.7 Å². The summed E-state index contributed by atoms with van der Waals surface area (Å²) in [4.78, 5) is 8.01. The van der Waals surface area contributed by atoms with Crippen LogP contribution in [0.5, 0.6) is 6.01 Å². The van der Waals surface area contributed by atoms with E-state index in [1.54, 1.807) is 24.3 Å². The number of ether oxygens (including phenoxy) is 3. The summed E-state index contributed by atoms with van der Waals surface area (Å²) in [5, 5.41) is 10.5. The number of H-pyrrole nitrogens is 1. The van der Waals surface area contributed by atoms with Crippen molar-refractivity contribution in [1.82, 2.24) is 9.97 Å². The number of aromatic nitrogens is 2. The second kappa shape index (κ2) is 8.86. The van der Waals surface area contributed by atoms with Crippen molar-refractivity contribution in [2.75, 3.05) is 19.5 Å². The van der Waals surface area contributed by atoms with Crippen molar-refractivity contribution in [3.8, 4) is 28.3 Å². The number of sulfone groups is 1. The molecule has 3 heterocycles. The fraction of sp³-hybridized carbons (Fsp3) is 0.269. The summed E-state index contributed by atoms with van der Waals surface area (Å²) >= 11 is 6.61. The highest BCUT2D eigenvalue weighted by atomic mass is 35.5. The lowest BCUT2D eigenvalue weighted by atomic mass is 10.00. The molecule has 2 N–H and O–H groups in total. The molecule has 8 nitrogen and oxygen atoms in total. The monoisotopic (exact) mass is 526 g/mol. The summed E-state index contributed by atoms with van der Waals surface area (Å²) in [6.07, 6.45) is -0.505. The Morgan fingerprint density at radius 3 is 2.31 bits per heavy atom. The predicted molar refractivity (Wildman–Crippen MR) is 135 cm³/mol. The van der Waals surface area contributed by atoms with Crippen LogP contribution in [0.25, 0.3) is 33.3 Å². The molecule has 4 aromatic rings. The minimum atomic E-state index is -3.23. The van der Waals surface area contributed by atoms with Crippen molar-refractivity contribution in [1.29, 1.82) is 0 Å². The molecule has 1 aromatic heterocycles. The van der Waals surface area contributed by atoms with E-state index in [9.17, 15) is 13.5 Å². The van der Waals surface area contributed by atoms with Gasteiger partial charge in [-0.2, -0.15) is 4.98 Å². The molecule has 2 saturated heterocycles. The molecule has 0 saturated carbocycles. The maximum Gasteiger partial charge on any atom is 0.295 e. The molecule has 10 heteroatoms. The summed E-state index contributed by atoms with van der Waals surface area (Å²) < 4.78 is 40.6. The Balaban J connectivity index is 1.23. The Labute approximate surface area is 212 Å². The minimum absolute atomic E-state index is 0.235. The normalized spacial score (nSPS) is 23.8. The second-order valence-corrected chi connectivity index (χ2v) is 11.5. The van der Waals surface area contributed by atoms with E-state index in [2.05, 4.69) is 9.97 Å². The molecule has 0 bridgehead atoms. The number of nitrogens with one attached hydrogen (secondary N) is 1. The zero-order valence-electron chi connectivity index (χ0n) is 19.2. The van der Waals surface area contributed by atoms with Gasteiger partial charge < -0.3 is 24.3 Å². The van der Waals surface area contributed by atoms with E-state index in [1.165, 1.54) is 6.26 Å². The largest absolute Gasteiger partial charge is 0.456 e. The summed E-state index contributed by atoms with van der Waals surface area (Å²) in [5.41, 5.74) is 5.07. The van der Waals surface area contributed by atoms with E-state index in [-0.39, 0.29) is 24.9 Å². The van der Waals surface area contributed by atoms with Gasteiger partial charge in [0.15, 0.2) is 15.9 Å². The van der Waals surface area contributed by atoms with Gasteiger partial charge in [0.1, 0.15) is 18.3 Å². The SMILES string of the molecule is CS(=O)(=O)c1ccc(-c2ccc(-c3cc4nc(O[C@@H]5COC6C5OC[C@H]6O)[nH]c4cc3Cl)cc2)cc1. The third-order valence-electron chi connectivity index (χ3n) is 6.61. The van der Waals surface area contributed by atoms with Crippen LogP contribution in [0.4, 0.5) is 0 Å². The van der Waals surface area contributed by atoms with E-state index in [4.69, 9.17) is 25.8 Å². The van der Waals surface area contributed by atoms with Crippen LogP contribution in [0.1, 0.15) is 0 Å². The van der Waals surface area contributed by atoms with Crippen LogP contribution in [0.3, 0.4) is 0 Å². The lowest BCUT2D eigenvalue weighted by Crippen LogP contribution is -2.34. The van der Waals surface area contributed by atoms with Crippen molar-refractivity contribution in [2.24, 2.45) is 0 Å². The number of aromatic amines is 1.